The molecule has 138 valence electrons. The fourth-order valence-electron chi connectivity index (χ4n) is 3.15. The van der Waals surface area contributed by atoms with E-state index in [1.807, 2.05) is 25.1 Å². The molecule has 6 nitrogen and oxygen atoms in total. The van der Waals surface area contributed by atoms with Crippen LogP contribution in [0.4, 0.5) is 0 Å². The molecule has 1 saturated heterocycles. The molecule has 1 aromatic heterocycles. The number of aryl methyl sites for hydroxylation is 1. The number of piperidine rings is 1. The Morgan fingerprint density at radius 3 is 2.85 bits per heavy atom. The van der Waals surface area contributed by atoms with Gasteiger partial charge in [-0.1, -0.05) is 42.1 Å². The van der Waals surface area contributed by atoms with Crippen molar-refractivity contribution in [1.29, 1.82) is 0 Å². The van der Waals surface area contributed by atoms with E-state index < -0.39 is 0 Å². The maximum Gasteiger partial charge on any atom is 0.233 e. The number of nitrogens with two attached hydrogens (primary N) is 1. The summed E-state index contributed by atoms with van der Waals surface area (Å²) in [6.07, 6.45) is 2.36. The highest BCUT2D eigenvalue weighted by atomic mass is 32.2. The molecule has 2 aromatic rings. The topological polar surface area (TPSA) is 92.1 Å². The molecule has 0 spiro atoms. The predicted octanol–water partition coefficient (Wildman–Crippen LogP) is 2.12. The average Bonchev–Trinajstić information content (AvgIpc) is 3.00. The molecule has 1 fully saturated rings. The van der Waals surface area contributed by atoms with Gasteiger partial charge in [-0.25, -0.2) is 4.98 Å². The molecular formula is C19H24N4O2S. The molecule has 0 aliphatic carbocycles. The zero-order valence-electron chi connectivity index (χ0n) is 14.9. The number of aromatic nitrogens is 2. The first-order chi connectivity index (χ1) is 12.5. The summed E-state index contributed by atoms with van der Waals surface area (Å²) in [6, 6.07) is 10.2. The van der Waals surface area contributed by atoms with Gasteiger partial charge in [-0.2, -0.15) is 0 Å². The summed E-state index contributed by atoms with van der Waals surface area (Å²) in [5.74, 6) is -0.202. The lowest BCUT2D eigenvalue weighted by Crippen LogP contribution is -2.44. The van der Waals surface area contributed by atoms with Crippen LogP contribution in [0.2, 0.25) is 0 Å². The van der Waals surface area contributed by atoms with Crippen LogP contribution in [-0.2, 0) is 16.0 Å². The number of likely N-dealkylation sites (tertiary alicyclic amines) is 1. The van der Waals surface area contributed by atoms with Crippen molar-refractivity contribution >= 4 is 23.6 Å². The van der Waals surface area contributed by atoms with Crippen LogP contribution in [0, 0.1) is 12.8 Å². The number of nitrogens with one attached hydrogen (secondary N) is 1. The van der Waals surface area contributed by atoms with Crippen molar-refractivity contribution in [2.75, 3.05) is 18.8 Å². The summed E-state index contributed by atoms with van der Waals surface area (Å²) in [4.78, 5) is 33.4. The van der Waals surface area contributed by atoms with E-state index in [9.17, 15) is 9.59 Å². The fraction of sp³-hybridized carbons (Fsp3) is 0.421. The SMILES string of the molecule is Cc1[nH]c(SCC(=O)N2CCC[C@@H](C(N)=O)C2)nc1Cc1ccccc1. The highest BCUT2D eigenvalue weighted by Gasteiger charge is 2.27. The number of nitrogens with zero attached hydrogens (tertiary/aromatic N) is 2. The van der Waals surface area contributed by atoms with E-state index in [4.69, 9.17) is 5.73 Å². The first-order valence-corrected chi connectivity index (χ1v) is 9.81. The number of carbonyl (C=O) groups excluding carboxylic acids is 2. The van der Waals surface area contributed by atoms with Gasteiger partial charge in [0.1, 0.15) is 0 Å². The number of benzene rings is 1. The van der Waals surface area contributed by atoms with Gasteiger partial charge in [-0.05, 0) is 25.3 Å². The number of H-pyrrole nitrogens is 1. The van der Waals surface area contributed by atoms with Crippen LogP contribution in [0.5, 0.6) is 0 Å². The number of hydrogen-bond donors (Lipinski definition) is 2. The molecule has 0 unspecified atom stereocenters. The largest absolute Gasteiger partial charge is 0.369 e. The minimum atomic E-state index is -0.317. The Labute approximate surface area is 157 Å². The fourth-order valence-corrected chi connectivity index (χ4v) is 4.00. The Hall–Kier alpha value is -2.28. The van der Waals surface area contributed by atoms with Crippen LogP contribution < -0.4 is 5.73 Å². The molecule has 0 bridgehead atoms. The molecule has 3 rings (SSSR count). The second-order valence-corrected chi connectivity index (χ2v) is 7.61. The smallest absolute Gasteiger partial charge is 0.233 e. The Morgan fingerprint density at radius 1 is 1.35 bits per heavy atom. The summed E-state index contributed by atoms with van der Waals surface area (Å²) in [7, 11) is 0. The number of amides is 2. The van der Waals surface area contributed by atoms with E-state index in [-0.39, 0.29) is 17.7 Å². The summed E-state index contributed by atoms with van der Waals surface area (Å²) in [5, 5.41) is 0.755. The van der Waals surface area contributed by atoms with Crippen LogP contribution in [0.25, 0.3) is 0 Å². The lowest BCUT2D eigenvalue weighted by Gasteiger charge is -2.31. The van der Waals surface area contributed by atoms with Crippen molar-refractivity contribution in [3.8, 4) is 0 Å². The summed E-state index contributed by atoms with van der Waals surface area (Å²) < 4.78 is 0. The third-order valence-corrected chi connectivity index (χ3v) is 5.55. The molecule has 0 radical (unpaired) electrons. The minimum absolute atomic E-state index is 0.0274. The molecule has 2 heterocycles. The van der Waals surface area contributed by atoms with Gasteiger partial charge in [0.2, 0.25) is 11.8 Å². The van der Waals surface area contributed by atoms with Gasteiger partial charge in [-0.15, -0.1) is 0 Å². The standard InChI is InChI=1S/C19H24N4O2S/c1-13-16(10-14-6-3-2-4-7-14)22-19(21-13)26-12-17(24)23-9-5-8-15(11-23)18(20)25/h2-4,6-7,15H,5,8-12H2,1H3,(H2,20,25)(H,21,22)/t15-/m1/s1. The molecule has 1 atom stereocenters. The second kappa shape index (κ2) is 8.40. The lowest BCUT2D eigenvalue weighted by atomic mass is 9.97. The molecule has 3 N–H and O–H groups in total. The lowest BCUT2D eigenvalue weighted by molar-refractivity contribution is -0.132. The van der Waals surface area contributed by atoms with Crippen molar-refractivity contribution < 1.29 is 9.59 Å². The van der Waals surface area contributed by atoms with Crippen LogP contribution in [0.3, 0.4) is 0 Å². The second-order valence-electron chi connectivity index (χ2n) is 6.65. The van der Waals surface area contributed by atoms with Gasteiger partial charge in [0.05, 0.1) is 17.4 Å². The third-order valence-electron chi connectivity index (χ3n) is 4.69. The number of primary amides is 1. The van der Waals surface area contributed by atoms with E-state index in [0.29, 0.717) is 18.8 Å². The monoisotopic (exact) mass is 372 g/mol. The predicted molar refractivity (Wildman–Crippen MR) is 102 cm³/mol. The molecule has 26 heavy (non-hydrogen) atoms. The average molecular weight is 372 g/mol. The molecule has 7 heteroatoms. The van der Waals surface area contributed by atoms with Crippen LogP contribution >= 0.6 is 11.8 Å². The number of thioether (sulfide) groups is 1. The number of aromatic amines is 1. The van der Waals surface area contributed by atoms with Crippen molar-refractivity contribution in [1.82, 2.24) is 14.9 Å². The number of carbonyl (C=O) groups is 2. The Kier molecular flexibility index (Phi) is 5.98. The van der Waals surface area contributed by atoms with Crippen molar-refractivity contribution in [3.05, 3.63) is 47.3 Å². The molecular weight excluding hydrogens is 348 g/mol. The molecule has 2 amide bonds. The number of imidazole rings is 1. The highest BCUT2D eigenvalue weighted by molar-refractivity contribution is 7.99. The zero-order chi connectivity index (χ0) is 18.5. The summed E-state index contributed by atoms with van der Waals surface area (Å²) >= 11 is 1.40. The van der Waals surface area contributed by atoms with Gasteiger partial charge >= 0.3 is 0 Å². The van der Waals surface area contributed by atoms with Crippen molar-refractivity contribution in [2.24, 2.45) is 11.7 Å². The molecule has 0 saturated carbocycles. The van der Waals surface area contributed by atoms with E-state index in [0.717, 1.165) is 35.8 Å². The zero-order valence-corrected chi connectivity index (χ0v) is 15.7. The van der Waals surface area contributed by atoms with Gasteiger partial charge < -0.3 is 15.6 Å². The Balaban J connectivity index is 1.55. The maximum atomic E-state index is 12.4. The first kappa shape index (κ1) is 18.5. The Bertz CT molecular complexity index is 775. The summed E-state index contributed by atoms with van der Waals surface area (Å²) in [6.45, 7) is 3.13. The van der Waals surface area contributed by atoms with Gasteiger partial charge in [0.25, 0.3) is 0 Å². The van der Waals surface area contributed by atoms with Crippen LogP contribution in [0.15, 0.2) is 35.5 Å². The maximum absolute atomic E-state index is 12.4. The number of rotatable bonds is 6. The van der Waals surface area contributed by atoms with E-state index in [1.165, 1.54) is 17.3 Å². The van der Waals surface area contributed by atoms with Gasteiger partial charge in [0, 0.05) is 25.2 Å². The number of hydrogen-bond acceptors (Lipinski definition) is 4. The minimum Gasteiger partial charge on any atom is -0.369 e. The molecule has 1 aromatic carbocycles. The Morgan fingerprint density at radius 2 is 2.12 bits per heavy atom. The van der Waals surface area contributed by atoms with Crippen molar-refractivity contribution in [3.63, 3.8) is 0 Å². The first-order valence-electron chi connectivity index (χ1n) is 8.82. The molecule has 1 aliphatic heterocycles. The van der Waals surface area contributed by atoms with E-state index in [1.54, 1.807) is 4.90 Å². The molecule has 1 aliphatic rings. The van der Waals surface area contributed by atoms with Crippen molar-refractivity contribution in [2.45, 2.75) is 31.3 Å². The van der Waals surface area contributed by atoms with E-state index in [2.05, 4.69) is 22.1 Å². The van der Waals surface area contributed by atoms with E-state index >= 15 is 0 Å². The van der Waals surface area contributed by atoms with Gasteiger partial charge in [0.15, 0.2) is 5.16 Å². The van der Waals surface area contributed by atoms with Crippen LogP contribution in [0.1, 0.15) is 29.8 Å². The van der Waals surface area contributed by atoms with Crippen LogP contribution in [-0.4, -0.2) is 45.5 Å². The normalized spacial score (nSPS) is 17.3. The summed E-state index contributed by atoms with van der Waals surface area (Å²) in [5.41, 5.74) is 8.61. The highest BCUT2D eigenvalue weighted by Crippen LogP contribution is 2.21. The quantitative estimate of drug-likeness (QED) is 0.760. The van der Waals surface area contributed by atoms with Gasteiger partial charge in [-0.3, -0.25) is 9.59 Å². The third kappa shape index (κ3) is 4.66.